The first kappa shape index (κ1) is 19.6. The van der Waals surface area contributed by atoms with Crippen molar-refractivity contribution in [1.29, 1.82) is 0 Å². The molecular formula is C24H21FN2O3. The maximum absolute atomic E-state index is 13.2. The molecule has 0 radical (unpaired) electrons. The first-order valence-corrected chi connectivity index (χ1v) is 9.75. The van der Waals surface area contributed by atoms with Crippen LogP contribution in [0, 0.1) is 5.82 Å². The fraction of sp³-hybridized carbons (Fsp3) is 0.167. The highest BCUT2D eigenvalue weighted by Crippen LogP contribution is 2.23. The highest BCUT2D eigenvalue weighted by molar-refractivity contribution is 6.15. The topological polar surface area (TPSA) is 60.9 Å². The molecule has 1 amide bonds. The van der Waals surface area contributed by atoms with Gasteiger partial charge in [-0.1, -0.05) is 24.3 Å². The largest absolute Gasteiger partial charge is 0.508 e. The van der Waals surface area contributed by atoms with E-state index in [9.17, 15) is 19.1 Å². The number of halogens is 1. The lowest BCUT2D eigenvalue weighted by atomic mass is 9.97. The van der Waals surface area contributed by atoms with E-state index in [1.54, 1.807) is 47.4 Å². The van der Waals surface area contributed by atoms with Gasteiger partial charge in [0.05, 0.1) is 5.56 Å². The highest BCUT2D eigenvalue weighted by Gasteiger charge is 2.26. The number of hydrogen-bond acceptors (Lipinski definition) is 4. The summed E-state index contributed by atoms with van der Waals surface area (Å²) in [7, 11) is 0. The molecule has 5 nitrogen and oxygen atoms in total. The summed E-state index contributed by atoms with van der Waals surface area (Å²) >= 11 is 0. The quantitative estimate of drug-likeness (QED) is 0.674. The van der Waals surface area contributed by atoms with Gasteiger partial charge in [0, 0.05) is 49.1 Å². The molecule has 0 bridgehead atoms. The van der Waals surface area contributed by atoms with E-state index < -0.39 is 5.82 Å². The third-order valence-electron chi connectivity index (χ3n) is 5.27. The maximum atomic E-state index is 13.2. The normalized spacial score (nSPS) is 13.9. The van der Waals surface area contributed by atoms with E-state index in [2.05, 4.69) is 4.90 Å². The smallest absolute Gasteiger partial charge is 0.254 e. The van der Waals surface area contributed by atoms with E-state index in [-0.39, 0.29) is 17.4 Å². The predicted octanol–water partition coefficient (Wildman–Crippen LogP) is 3.72. The van der Waals surface area contributed by atoms with Crippen LogP contribution in [0.15, 0.2) is 72.8 Å². The molecule has 0 saturated carbocycles. The summed E-state index contributed by atoms with van der Waals surface area (Å²) in [5.41, 5.74) is 1.90. The number of aromatic hydroxyl groups is 1. The van der Waals surface area contributed by atoms with Crippen LogP contribution < -0.4 is 4.90 Å². The summed E-state index contributed by atoms with van der Waals surface area (Å²) in [6.45, 7) is 2.27. The Balaban J connectivity index is 1.51. The molecular weight excluding hydrogens is 383 g/mol. The number of benzene rings is 3. The van der Waals surface area contributed by atoms with Crippen molar-refractivity contribution in [2.24, 2.45) is 0 Å². The molecule has 3 aromatic carbocycles. The third kappa shape index (κ3) is 4.03. The Kier molecular flexibility index (Phi) is 5.48. The third-order valence-corrected chi connectivity index (χ3v) is 5.27. The van der Waals surface area contributed by atoms with Crippen molar-refractivity contribution in [2.75, 3.05) is 31.1 Å². The van der Waals surface area contributed by atoms with Crippen LogP contribution in [0.2, 0.25) is 0 Å². The molecule has 1 aliphatic heterocycles. The molecule has 1 heterocycles. The Morgan fingerprint density at radius 1 is 0.800 bits per heavy atom. The minimum Gasteiger partial charge on any atom is -0.508 e. The Hall–Kier alpha value is -3.67. The van der Waals surface area contributed by atoms with Crippen molar-refractivity contribution >= 4 is 17.4 Å². The molecule has 0 atom stereocenters. The summed E-state index contributed by atoms with van der Waals surface area (Å²) in [4.78, 5) is 29.9. The maximum Gasteiger partial charge on any atom is 0.254 e. The number of piperazine rings is 1. The van der Waals surface area contributed by atoms with Crippen LogP contribution in [-0.4, -0.2) is 47.9 Å². The molecule has 0 aliphatic carbocycles. The van der Waals surface area contributed by atoms with Gasteiger partial charge in [0.1, 0.15) is 11.6 Å². The van der Waals surface area contributed by atoms with Gasteiger partial charge in [0.25, 0.3) is 5.91 Å². The SMILES string of the molecule is O=C(c1ccc(F)cc1)c1ccccc1C(=O)N1CCN(c2cccc(O)c2)CC1. The molecule has 1 saturated heterocycles. The van der Waals surface area contributed by atoms with Gasteiger partial charge in [0.2, 0.25) is 0 Å². The summed E-state index contributed by atoms with van der Waals surface area (Å²) in [5.74, 6) is -0.714. The number of hydrogen-bond donors (Lipinski definition) is 1. The molecule has 3 aromatic rings. The van der Waals surface area contributed by atoms with Crippen LogP contribution in [-0.2, 0) is 0 Å². The fourth-order valence-electron chi connectivity index (χ4n) is 3.65. The van der Waals surface area contributed by atoms with Gasteiger partial charge < -0.3 is 14.9 Å². The first-order valence-electron chi connectivity index (χ1n) is 9.75. The lowest BCUT2D eigenvalue weighted by molar-refractivity contribution is 0.0742. The van der Waals surface area contributed by atoms with Crippen molar-refractivity contribution in [1.82, 2.24) is 4.90 Å². The molecule has 6 heteroatoms. The van der Waals surface area contributed by atoms with Gasteiger partial charge in [0.15, 0.2) is 5.78 Å². The molecule has 0 spiro atoms. The molecule has 1 N–H and O–H groups in total. The zero-order valence-corrected chi connectivity index (χ0v) is 16.3. The number of phenols is 1. The lowest BCUT2D eigenvalue weighted by Gasteiger charge is -2.36. The van der Waals surface area contributed by atoms with Crippen molar-refractivity contribution in [3.05, 3.63) is 95.3 Å². The highest BCUT2D eigenvalue weighted by atomic mass is 19.1. The second-order valence-corrected chi connectivity index (χ2v) is 7.18. The van der Waals surface area contributed by atoms with Gasteiger partial charge in [-0.15, -0.1) is 0 Å². The molecule has 0 unspecified atom stereocenters. The van der Waals surface area contributed by atoms with Crippen LogP contribution in [0.1, 0.15) is 26.3 Å². The van der Waals surface area contributed by atoms with Crippen LogP contribution in [0.3, 0.4) is 0 Å². The molecule has 30 heavy (non-hydrogen) atoms. The molecule has 152 valence electrons. The Labute approximate surface area is 174 Å². The zero-order chi connectivity index (χ0) is 21.1. The van der Waals surface area contributed by atoms with Gasteiger partial charge in [-0.25, -0.2) is 4.39 Å². The van der Waals surface area contributed by atoms with E-state index in [4.69, 9.17) is 0 Å². The molecule has 0 aromatic heterocycles. The number of amides is 1. The number of phenolic OH excluding ortho intramolecular Hbond substituents is 1. The lowest BCUT2D eigenvalue weighted by Crippen LogP contribution is -2.49. The van der Waals surface area contributed by atoms with Gasteiger partial charge in [-0.3, -0.25) is 9.59 Å². The number of carbonyl (C=O) groups is 2. The van der Waals surface area contributed by atoms with E-state index in [0.29, 0.717) is 42.9 Å². The van der Waals surface area contributed by atoms with Crippen LogP contribution in [0.5, 0.6) is 5.75 Å². The monoisotopic (exact) mass is 404 g/mol. The van der Waals surface area contributed by atoms with Crippen molar-refractivity contribution in [2.45, 2.75) is 0 Å². The second kappa shape index (κ2) is 8.37. The number of carbonyl (C=O) groups excluding carboxylic acids is 2. The number of ketones is 1. The van der Waals surface area contributed by atoms with Crippen LogP contribution in [0.4, 0.5) is 10.1 Å². The van der Waals surface area contributed by atoms with E-state index in [0.717, 1.165) is 5.69 Å². The Morgan fingerprint density at radius 2 is 1.47 bits per heavy atom. The molecule has 1 fully saturated rings. The predicted molar refractivity (Wildman–Crippen MR) is 112 cm³/mol. The van der Waals surface area contributed by atoms with Crippen molar-refractivity contribution in [3.63, 3.8) is 0 Å². The first-order chi connectivity index (χ1) is 14.5. The molecule has 4 rings (SSSR count). The van der Waals surface area contributed by atoms with Crippen LogP contribution in [0.25, 0.3) is 0 Å². The Morgan fingerprint density at radius 3 is 2.13 bits per heavy atom. The van der Waals surface area contributed by atoms with E-state index >= 15 is 0 Å². The second-order valence-electron chi connectivity index (χ2n) is 7.18. The number of rotatable bonds is 4. The fourth-order valence-corrected chi connectivity index (χ4v) is 3.65. The van der Waals surface area contributed by atoms with Crippen molar-refractivity contribution in [3.8, 4) is 5.75 Å². The van der Waals surface area contributed by atoms with E-state index in [1.165, 1.54) is 24.3 Å². The summed E-state index contributed by atoms with van der Waals surface area (Å²) in [5, 5.41) is 9.68. The minimum absolute atomic E-state index is 0.198. The van der Waals surface area contributed by atoms with Gasteiger partial charge in [-0.2, -0.15) is 0 Å². The minimum atomic E-state index is -0.416. The Bertz CT molecular complexity index is 1070. The zero-order valence-electron chi connectivity index (χ0n) is 16.3. The van der Waals surface area contributed by atoms with Crippen LogP contribution >= 0.6 is 0 Å². The van der Waals surface area contributed by atoms with E-state index in [1.807, 2.05) is 6.07 Å². The summed E-state index contributed by atoms with van der Waals surface area (Å²) < 4.78 is 13.2. The number of nitrogens with zero attached hydrogens (tertiary/aromatic N) is 2. The standard InChI is InChI=1S/C24H21FN2O3/c25-18-10-8-17(9-11-18)23(29)21-6-1-2-7-22(21)24(30)27-14-12-26(13-15-27)19-4-3-5-20(28)16-19/h1-11,16,28H,12-15H2. The van der Waals surface area contributed by atoms with Gasteiger partial charge >= 0.3 is 0 Å². The number of anilines is 1. The average molecular weight is 404 g/mol. The van der Waals surface area contributed by atoms with Gasteiger partial charge in [-0.05, 0) is 42.5 Å². The average Bonchev–Trinajstić information content (AvgIpc) is 2.79. The summed E-state index contributed by atoms with van der Waals surface area (Å²) in [6.07, 6.45) is 0. The van der Waals surface area contributed by atoms with Crippen molar-refractivity contribution < 1.29 is 19.1 Å². The molecule has 1 aliphatic rings. The summed E-state index contributed by atoms with van der Waals surface area (Å²) in [6, 6.07) is 19.1.